The van der Waals surface area contributed by atoms with Gasteiger partial charge in [0.1, 0.15) is 11.0 Å². The zero-order chi connectivity index (χ0) is 28.2. The summed E-state index contributed by atoms with van der Waals surface area (Å²) < 4.78 is 14.2. The minimum atomic E-state index is -0.130. The summed E-state index contributed by atoms with van der Waals surface area (Å²) in [4.78, 5) is 5.73. The van der Waals surface area contributed by atoms with E-state index in [2.05, 4.69) is 65.4 Å². The topological polar surface area (TPSA) is 12.9 Å². The number of nitrogens with zero attached hydrogens (tertiary/aromatic N) is 1. The van der Waals surface area contributed by atoms with Gasteiger partial charge in [0, 0.05) is 11.3 Å². The number of benzene rings is 1. The van der Waals surface area contributed by atoms with Gasteiger partial charge in [-0.2, -0.15) is 0 Å². The summed E-state index contributed by atoms with van der Waals surface area (Å²) in [5.74, 6) is 0.612. The Morgan fingerprint density at radius 3 is 2.55 bits per heavy atom. The number of aromatic nitrogens is 1. The fourth-order valence-corrected chi connectivity index (χ4v) is 5.94. The van der Waals surface area contributed by atoms with E-state index in [-0.39, 0.29) is 5.82 Å². The summed E-state index contributed by atoms with van der Waals surface area (Å²) in [6.07, 6.45) is 13.6. The maximum absolute atomic E-state index is 14.2. The van der Waals surface area contributed by atoms with Gasteiger partial charge in [-0.15, -0.1) is 24.5 Å². The molecule has 0 fully saturated rings. The lowest BCUT2D eigenvalue weighted by molar-refractivity contribution is 0.573. The van der Waals surface area contributed by atoms with Crippen molar-refractivity contribution in [1.29, 1.82) is 0 Å². The number of hydrogen-bond donors (Lipinski definition) is 0. The highest BCUT2D eigenvalue weighted by Crippen LogP contribution is 2.31. The molecule has 0 radical (unpaired) electrons. The zero-order valence-corrected chi connectivity index (χ0v) is 25.6. The zero-order valence-electron chi connectivity index (χ0n) is 24.0. The number of halogens is 2. The largest absolute Gasteiger partial charge is 0.229 e. The lowest BCUT2D eigenvalue weighted by Crippen LogP contribution is -2.03. The first kappa shape index (κ1) is 32.0. The quantitative estimate of drug-likeness (QED) is 0.114. The molecule has 1 atom stereocenters. The second-order valence-corrected chi connectivity index (χ2v) is 12.3. The van der Waals surface area contributed by atoms with E-state index in [1.807, 2.05) is 24.3 Å². The van der Waals surface area contributed by atoms with Crippen molar-refractivity contribution in [3.63, 3.8) is 0 Å². The fourth-order valence-electron chi connectivity index (χ4n) is 4.57. The van der Waals surface area contributed by atoms with E-state index in [9.17, 15) is 4.39 Å². The minimum absolute atomic E-state index is 0.130. The average molecular weight is 554 g/mol. The SMILES string of the molecule is C=CCCC/C(=C/C(C)=C(\C)C(=C)C(C)CCc1sc(Cc2ccc(F)c(CC(C)C)c2)nc1Cl)CC=C. The Kier molecular flexibility index (Phi) is 13.5. The number of aryl methyl sites for hydroxylation is 1. The van der Waals surface area contributed by atoms with E-state index in [4.69, 9.17) is 11.6 Å². The number of unbranched alkanes of at least 4 members (excludes halogenated alkanes) is 1. The van der Waals surface area contributed by atoms with Crippen molar-refractivity contribution in [2.24, 2.45) is 11.8 Å². The molecule has 2 rings (SSSR count). The molecule has 0 aliphatic heterocycles. The highest BCUT2D eigenvalue weighted by Gasteiger charge is 2.15. The van der Waals surface area contributed by atoms with Crippen molar-refractivity contribution in [3.8, 4) is 0 Å². The second kappa shape index (κ2) is 16.0. The van der Waals surface area contributed by atoms with Crippen LogP contribution in [0, 0.1) is 17.7 Å². The van der Waals surface area contributed by atoms with E-state index in [1.165, 1.54) is 22.3 Å². The molecule has 0 N–H and O–H groups in total. The summed E-state index contributed by atoms with van der Waals surface area (Å²) in [6.45, 7) is 23.0. The molecule has 0 amide bonds. The summed E-state index contributed by atoms with van der Waals surface area (Å²) in [5, 5.41) is 1.56. The third-order valence-corrected chi connectivity index (χ3v) is 8.53. The van der Waals surface area contributed by atoms with Crippen molar-refractivity contribution < 1.29 is 4.39 Å². The van der Waals surface area contributed by atoms with E-state index < -0.39 is 0 Å². The fraction of sp³-hybridized carbons (Fsp3) is 0.441. The molecule has 4 heteroatoms. The van der Waals surface area contributed by atoms with E-state index in [0.717, 1.165) is 66.0 Å². The molecule has 0 aliphatic carbocycles. The van der Waals surface area contributed by atoms with Crippen molar-refractivity contribution in [3.05, 3.63) is 110 Å². The van der Waals surface area contributed by atoms with Crippen molar-refractivity contribution in [2.75, 3.05) is 0 Å². The van der Waals surface area contributed by atoms with Crippen LogP contribution in [0.15, 0.2) is 78.5 Å². The number of hydrogen-bond acceptors (Lipinski definition) is 2. The van der Waals surface area contributed by atoms with Gasteiger partial charge in [0.2, 0.25) is 0 Å². The Morgan fingerprint density at radius 1 is 1.16 bits per heavy atom. The molecule has 2 aromatic rings. The maximum atomic E-state index is 14.2. The summed E-state index contributed by atoms with van der Waals surface area (Å²) >= 11 is 8.20. The van der Waals surface area contributed by atoms with E-state index >= 15 is 0 Å². The molecule has 1 unspecified atom stereocenters. The summed E-state index contributed by atoms with van der Waals surface area (Å²) in [5.41, 5.74) is 6.95. The van der Waals surface area contributed by atoms with Crippen LogP contribution < -0.4 is 0 Å². The molecular formula is C34H45ClFNS. The van der Waals surface area contributed by atoms with Crippen LogP contribution in [-0.4, -0.2) is 4.98 Å². The van der Waals surface area contributed by atoms with Crippen LogP contribution in [0.3, 0.4) is 0 Å². The molecule has 0 aliphatic rings. The Hall–Kier alpha value is -2.23. The van der Waals surface area contributed by atoms with E-state index in [0.29, 0.717) is 23.4 Å². The van der Waals surface area contributed by atoms with Crippen molar-refractivity contribution >= 4 is 22.9 Å². The molecule has 0 saturated heterocycles. The standard InChI is InChI=1S/C34H45ClFNS/c1-9-11-12-14-28(13-10-2)20-25(6)27(8)26(7)24(5)15-18-32-34(35)37-33(38-32)22-29-16-17-31(36)30(21-29)19-23(3)4/h9-10,16-17,20-21,23-24H,1-2,7,11-15,18-19,22H2,3-6,8H3/b27-25+,28-20+. The van der Waals surface area contributed by atoms with E-state index in [1.54, 1.807) is 17.4 Å². The molecule has 1 aromatic heterocycles. The third-order valence-electron chi connectivity index (χ3n) is 6.99. The van der Waals surface area contributed by atoms with Gasteiger partial charge in [-0.25, -0.2) is 9.37 Å². The van der Waals surface area contributed by atoms with Crippen LogP contribution in [0.4, 0.5) is 4.39 Å². The van der Waals surface area contributed by atoms with Gasteiger partial charge < -0.3 is 0 Å². The van der Waals surface area contributed by atoms with Gasteiger partial charge in [0.25, 0.3) is 0 Å². The summed E-state index contributed by atoms with van der Waals surface area (Å²) in [7, 11) is 0. The van der Waals surface area contributed by atoms with Crippen LogP contribution in [0.5, 0.6) is 0 Å². The Balaban J connectivity index is 2.04. The van der Waals surface area contributed by atoms with Crippen LogP contribution in [-0.2, 0) is 19.3 Å². The van der Waals surface area contributed by atoms with Gasteiger partial charge in [-0.05, 0) is 105 Å². The van der Waals surface area contributed by atoms with Crippen LogP contribution in [0.25, 0.3) is 0 Å². The first-order valence-corrected chi connectivity index (χ1v) is 14.9. The number of rotatable bonds is 16. The Labute approximate surface area is 239 Å². The molecule has 1 aromatic carbocycles. The smallest absolute Gasteiger partial charge is 0.143 e. The summed E-state index contributed by atoms with van der Waals surface area (Å²) in [6, 6.07) is 5.40. The lowest BCUT2D eigenvalue weighted by Gasteiger charge is -2.17. The van der Waals surface area contributed by atoms with Gasteiger partial charge in [0.15, 0.2) is 0 Å². The lowest BCUT2D eigenvalue weighted by atomic mass is 9.89. The highest BCUT2D eigenvalue weighted by atomic mass is 35.5. The molecule has 0 bridgehead atoms. The number of thiazole rings is 1. The van der Waals surface area contributed by atoms with Crippen molar-refractivity contribution in [2.45, 2.75) is 86.0 Å². The predicted molar refractivity (Wildman–Crippen MR) is 167 cm³/mol. The predicted octanol–water partition coefficient (Wildman–Crippen LogP) is 11.0. The van der Waals surface area contributed by atoms with Gasteiger partial charge in [0.05, 0.1) is 5.01 Å². The Morgan fingerprint density at radius 2 is 1.89 bits per heavy atom. The molecule has 38 heavy (non-hydrogen) atoms. The maximum Gasteiger partial charge on any atom is 0.143 e. The van der Waals surface area contributed by atoms with Crippen LogP contribution in [0.1, 0.15) is 87.7 Å². The van der Waals surface area contributed by atoms with Gasteiger partial charge in [-0.1, -0.05) is 74.9 Å². The normalized spacial score (nSPS) is 13.4. The molecule has 0 saturated carbocycles. The minimum Gasteiger partial charge on any atom is -0.229 e. The molecule has 206 valence electrons. The molecular weight excluding hydrogens is 509 g/mol. The van der Waals surface area contributed by atoms with Crippen LogP contribution >= 0.6 is 22.9 Å². The molecule has 0 spiro atoms. The van der Waals surface area contributed by atoms with Crippen molar-refractivity contribution in [1.82, 2.24) is 4.98 Å². The first-order valence-electron chi connectivity index (χ1n) is 13.7. The Bertz CT molecular complexity index is 1170. The third kappa shape index (κ3) is 10.2. The first-order chi connectivity index (χ1) is 18.0. The number of allylic oxidation sites excluding steroid dienone is 7. The van der Waals surface area contributed by atoms with Gasteiger partial charge >= 0.3 is 0 Å². The highest BCUT2D eigenvalue weighted by molar-refractivity contribution is 7.12. The molecule has 1 heterocycles. The molecule has 1 nitrogen and oxygen atoms in total. The monoisotopic (exact) mass is 553 g/mol. The second-order valence-electron chi connectivity index (χ2n) is 10.8. The van der Waals surface area contributed by atoms with Gasteiger partial charge in [-0.3, -0.25) is 0 Å². The van der Waals surface area contributed by atoms with Crippen LogP contribution in [0.2, 0.25) is 5.15 Å². The average Bonchev–Trinajstić information content (AvgIpc) is 3.22.